The van der Waals surface area contributed by atoms with Crippen molar-refractivity contribution < 1.29 is 13.2 Å². The molecule has 6 heteroatoms. The van der Waals surface area contributed by atoms with Gasteiger partial charge in [0.05, 0.1) is 12.0 Å². The van der Waals surface area contributed by atoms with E-state index in [0.29, 0.717) is 17.5 Å². The van der Waals surface area contributed by atoms with Crippen molar-refractivity contribution in [1.29, 1.82) is 0 Å². The molecular weight excluding hydrogens is 334 g/mol. The molecule has 2 aliphatic rings. The molecular formula is C18H23ClF2N2O. The molecule has 132 valence electrons. The summed E-state index contributed by atoms with van der Waals surface area (Å²) < 4.78 is 33.2. The Balaban J connectivity index is 0.00000169. The van der Waals surface area contributed by atoms with Crippen LogP contribution >= 0.6 is 12.4 Å². The molecule has 1 N–H and O–H groups in total. The number of nitrogens with one attached hydrogen (secondary N) is 1. The predicted molar refractivity (Wildman–Crippen MR) is 94.0 cm³/mol. The number of fused-ring (bicyclic) bond motifs is 2. The lowest BCUT2D eigenvalue weighted by molar-refractivity contribution is 0.199. The van der Waals surface area contributed by atoms with Crippen molar-refractivity contribution in [2.24, 2.45) is 0 Å². The van der Waals surface area contributed by atoms with Gasteiger partial charge in [0.1, 0.15) is 0 Å². The van der Waals surface area contributed by atoms with Crippen molar-refractivity contribution in [3.05, 3.63) is 30.0 Å². The molecule has 2 aromatic rings. The highest BCUT2D eigenvalue weighted by Crippen LogP contribution is 2.38. The Labute approximate surface area is 146 Å². The number of piperazine rings is 1. The first-order valence-corrected chi connectivity index (χ1v) is 8.36. The smallest absolute Gasteiger partial charge is 0.202 e. The van der Waals surface area contributed by atoms with Crippen LogP contribution in [0.5, 0.6) is 0 Å². The number of hydrogen-bond donors (Lipinski definition) is 1. The second-order valence-electron chi connectivity index (χ2n) is 7.47. The van der Waals surface area contributed by atoms with Gasteiger partial charge in [0, 0.05) is 35.6 Å². The van der Waals surface area contributed by atoms with Crippen LogP contribution in [-0.2, 0) is 0 Å². The molecule has 2 fully saturated rings. The SMILES string of the molecule is CC1(C)CN(c2cc(F)c(F)c3occc23)C2CCCCC2N1.Cl. The van der Waals surface area contributed by atoms with E-state index in [0.717, 1.165) is 25.1 Å². The van der Waals surface area contributed by atoms with Crippen LogP contribution < -0.4 is 10.2 Å². The van der Waals surface area contributed by atoms with Crippen LogP contribution in [0.2, 0.25) is 0 Å². The first kappa shape index (κ1) is 17.5. The summed E-state index contributed by atoms with van der Waals surface area (Å²) in [7, 11) is 0. The Kier molecular flexibility index (Phi) is 4.51. The van der Waals surface area contributed by atoms with Crippen LogP contribution in [0, 0.1) is 11.6 Å². The van der Waals surface area contributed by atoms with Gasteiger partial charge >= 0.3 is 0 Å². The van der Waals surface area contributed by atoms with Crippen molar-refractivity contribution in [2.45, 2.75) is 57.2 Å². The topological polar surface area (TPSA) is 28.4 Å². The van der Waals surface area contributed by atoms with Crippen molar-refractivity contribution in [1.82, 2.24) is 5.32 Å². The van der Waals surface area contributed by atoms with Gasteiger partial charge in [-0.3, -0.25) is 0 Å². The van der Waals surface area contributed by atoms with E-state index < -0.39 is 11.6 Å². The molecule has 1 aromatic heterocycles. The molecule has 1 saturated carbocycles. The van der Waals surface area contributed by atoms with Gasteiger partial charge in [0.15, 0.2) is 11.4 Å². The maximum absolute atomic E-state index is 14.1. The minimum absolute atomic E-state index is 0. The van der Waals surface area contributed by atoms with Crippen LogP contribution in [0.4, 0.5) is 14.5 Å². The van der Waals surface area contributed by atoms with E-state index in [1.807, 2.05) is 0 Å². The number of nitrogens with zero attached hydrogens (tertiary/aromatic N) is 1. The molecule has 0 amide bonds. The van der Waals surface area contributed by atoms with Crippen molar-refractivity contribution in [3.63, 3.8) is 0 Å². The van der Waals surface area contributed by atoms with Gasteiger partial charge in [-0.2, -0.15) is 4.39 Å². The molecule has 2 unspecified atom stereocenters. The van der Waals surface area contributed by atoms with Gasteiger partial charge in [-0.25, -0.2) is 4.39 Å². The zero-order valence-electron chi connectivity index (χ0n) is 13.9. The molecule has 2 atom stereocenters. The summed E-state index contributed by atoms with van der Waals surface area (Å²) in [6.45, 7) is 5.09. The normalized spacial score (nSPS) is 26.1. The number of halogens is 3. The molecule has 1 aliphatic carbocycles. The highest BCUT2D eigenvalue weighted by atomic mass is 35.5. The summed E-state index contributed by atoms with van der Waals surface area (Å²) >= 11 is 0. The summed E-state index contributed by atoms with van der Waals surface area (Å²) in [5.41, 5.74) is 0.696. The summed E-state index contributed by atoms with van der Waals surface area (Å²) in [6.07, 6.45) is 6.03. The second kappa shape index (κ2) is 6.19. The maximum atomic E-state index is 14.1. The third kappa shape index (κ3) is 2.78. The maximum Gasteiger partial charge on any atom is 0.202 e. The van der Waals surface area contributed by atoms with E-state index in [2.05, 4.69) is 24.1 Å². The molecule has 4 rings (SSSR count). The molecule has 1 aromatic carbocycles. The minimum Gasteiger partial charge on any atom is -0.461 e. The Bertz CT molecular complexity index is 746. The molecule has 24 heavy (non-hydrogen) atoms. The summed E-state index contributed by atoms with van der Waals surface area (Å²) in [5, 5.41) is 4.39. The number of anilines is 1. The van der Waals surface area contributed by atoms with E-state index in [9.17, 15) is 8.78 Å². The van der Waals surface area contributed by atoms with E-state index in [-0.39, 0.29) is 23.5 Å². The van der Waals surface area contributed by atoms with Crippen molar-refractivity contribution in [3.8, 4) is 0 Å². The third-order valence-electron chi connectivity index (χ3n) is 5.19. The summed E-state index contributed by atoms with van der Waals surface area (Å²) in [5.74, 6) is -1.74. The molecule has 3 nitrogen and oxygen atoms in total. The van der Waals surface area contributed by atoms with Crippen molar-refractivity contribution in [2.75, 3.05) is 11.4 Å². The lowest BCUT2D eigenvalue weighted by Gasteiger charge is -2.52. The van der Waals surface area contributed by atoms with Gasteiger partial charge in [-0.05, 0) is 32.8 Å². The summed E-state index contributed by atoms with van der Waals surface area (Å²) in [6, 6.07) is 3.78. The Hall–Kier alpha value is -1.33. The second-order valence-corrected chi connectivity index (χ2v) is 7.47. The average Bonchev–Trinajstić information content (AvgIpc) is 2.99. The molecule has 1 saturated heterocycles. The zero-order valence-corrected chi connectivity index (χ0v) is 14.8. The fraction of sp³-hybridized carbons (Fsp3) is 0.556. The highest BCUT2D eigenvalue weighted by Gasteiger charge is 2.41. The number of benzene rings is 1. The molecule has 0 spiro atoms. The Morgan fingerprint density at radius 2 is 2.00 bits per heavy atom. The van der Waals surface area contributed by atoms with E-state index in [1.165, 1.54) is 25.2 Å². The number of rotatable bonds is 1. The molecule has 0 radical (unpaired) electrons. The van der Waals surface area contributed by atoms with Gasteiger partial charge in [0.25, 0.3) is 0 Å². The Morgan fingerprint density at radius 3 is 2.79 bits per heavy atom. The highest BCUT2D eigenvalue weighted by molar-refractivity contribution is 5.92. The van der Waals surface area contributed by atoms with Gasteiger partial charge in [-0.1, -0.05) is 12.8 Å². The quantitative estimate of drug-likeness (QED) is 0.807. The lowest BCUT2D eigenvalue weighted by atomic mass is 9.83. The molecule has 2 heterocycles. The van der Waals surface area contributed by atoms with E-state index in [4.69, 9.17) is 4.42 Å². The first-order valence-electron chi connectivity index (χ1n) is 8.36. The molecule has 0 bridgehead atoms. The van der Waals surface area contributed by atoms with Crippen LogP contribution in [0.25, 0.3) is 11.0 Å². The Morgan fingerprint density at radius 1 is 1.25 bits per heavy atom. The largest absolute Gasteiger partial charge is 0.461 e. The van der Waals surface area contributed by atoms with Crippen LogP contribution in [-0.4, -0.2) is 24.2 Å². The minimum atomic E-state index is -0.900. The number of furan rings is 1. The molecule has 1 aliphatic heterocycles. The number of hydrogen-bond acceptors (Lipinski definition) is 3. The average molecular weight is 357 g/mol. The lowest BCUT2D eigenvalue weighted by Crippen LogP contribution is -2.67. The van der Waals surface area contributed by atoms with E-state index >= 15 is 0 Å². The van der Waals surface area contributed by atoms with Gasteiger partial charge in [0.2, 0.25) is 5.82 Å². The van der Waals surface area contributed by atoms with Crippen LogP contribution in [0.15, 0.2) is 22.8 Å². The van der Waals surface area contributed by atoms with Crippen molar-refractivity contribution >= 4 is 29.1 Å². The zero-order chi connectivity index (χ0) is 16.2. The van der Waals surface area contributed by atoms with E-state index in [1.54, 1.807) is 6.07 Å². The fourth-order valence-electron chi connectivity index (χ4n) is 4.30. The monoisotopic (exact) mass is 356 g/mol. The fourth-order valence-corrected chi connectivity index (χ4v) is 4.30. The van der Waals surface area contributed by atoms with Crippen LogP contribution in [0.1, 0.15) is 39.5 Å². The first-order chi connectivity index (χ1) is 11.0. The van der Waals surface area contributed by atoms with Gasteiger partial charge < -0.3 is 14.6 Å². The van der Waals surface area contributed by atoms with Crippen LogP contribution in [0.3, 0.4) is 0 Å². The summed E-state index contributed by atoms with van der Waals surface area (Å²) in [4.78, 5) is 2.26. The standard InChI is InChI=1S/C18H22F2N2O.ClH/c1-18(2)10-22(14-6-4-3-5-13(14)21-18)15-9-12(19)16(20)17-11(15)7-8-23-17;/h7-9,13-14,21H,3-6,10H2,1-2H3;1H. The predicted octanol–water partition coefficient (Wildman–Crippen LogP) is 4.63. The van der Waals surface area contributed by atoms with Gasteiger partial charge in [-0.15, -0.1) is 12.4 Å². The third-order valence-corrected chi connectivity index (χ3v) is 5.19.